The van der Waals surface area contributed by atoms with Gasteiger partial charge in [-0.3, -0.25) is 9.48 Å². The number of aryl methyl sites for hydroxylation is 1. The number of carbonyl (C=O) groups is 1. The summed E-state index contributed by atoms with van der Waals surface area (Å²) in [4.78, 5) is 17.3. The Balaban J connectivity index is 1.50. The minimum atomic E-state index is -5.98. The van der Waals surface area contributed by atoms with Gasteiger partial charge in [0.1, 0.15) is 11.5 Å². The van der Waals surface area contributed by atoms with Crippen molar-refractivity contribution >= 4 is 17.2 Å². The van der Waals surface area contributed by atoms with Crippen LogP contribution in [0.5, 0.6) is 11.5 Å². The number of alkyl halides is 5. The number of nitrogens with zero attached hydrogens (tertiary/aromatic N) is 5. The SMILES string of the molecule is COc1ccc(Cn2nc(C)c(NC(=O)c3cc4nc(-c5ccc(F)cc5)cc(C(F)(F)C(F)(F)F)n4n3)c2C)cc1OC. The number of hydrogen-bond acceptors (Lipinski definition) is 6. The first kappa shape index (κ1) is 30.4. The summed E-state index contributed by atoms with van der Waals surface area (Å²) in [6, 6.07) is 11.2. The van der Waals surface area contributed by atoms with Crippen molar-refractivity contribution in [1.82, 2.24) is 24.4 Å². The van der Waals surface area contributed by atoms with Crippen molar-refractivity contribution in [3.63, 3.8) is 0 Å². The molecule has 0 atom stereocenters. The number of carbonyl (C=O) groups excluding carboxylic acids is 1. The Morgan fingerprint density at radius 2 is 1.59 bits per heavy atom. The third-order valence-electron chi connectivity index (χ3n) is 6.88. The molecule has 5 rings (SSSR count). The zero-order chi connectivity index (χ0) is 32.0. The maximum absolute atomic E-state index is 14.7. The predicted molar refractivity (Wildman–Crippen MR) is 147 cm³/mol. The molecule has 3 aromatic heterocycles. The molecule has 1 amide bonds. The van der Waals surface area contributed by atoms with Crippen LogP contribution >= 0.6 is 0 Å². The number of methoxy groups -OCH3 is 2. The molecule has 0 saturated heterocycles. The monoisotopic (exact) mass is 618 g/mol. The summed E-state index contributed by atoms with van der Waals surface area (Å²) in [5, 5.41) is 10.8. The van der Waals surface area contributed by atoms with Crippen molar-refractivity contribution in [1.29, 1.82) is 0 Å². The van der Waals surface area contributed by atoms with Crippen LogP contribution in [0.25, 0.3) is 16.9 Å². The molecular weight excluding hydrogens is 594 g/mol. The van der Waals surface area contributed by atoms with Gasteiger partial charge < -0.3 is 14.8 Å². The Morgan fingerprint density at radius 3 is 2.23 bits per heavy atom. The van der Waals surface area contributed by atoms with Gasteiger partial charge in [0.25, 0.3) is 5.91 Å². The second-order valence-corrected chi connectivity index (χ2v) is 9.75. The van der Waals surface area contributed by atoms with Gasteiger partial charge in [-0.1, -0.05) is 6.07 Å². The first-order valence-corrected chi connectivity index (χ1v) is 12.9. The molecule has 44 heavy (non-hydrogen) atoms. The molecular formula is C29H24F6N6O3. The van der Waals surface area contributed by atoms with Crippen LogP contribution in [-0.4, -0.2) is 50.7 Å². The lowest BCUT2D eigenvalue weighted by molar-refractivity contribution is -0.291. The van der Waals surface area contributed by atoms with E-state index in [1.165, 1.54) is 26.4 Å². The summed E-state index contributed by atoms with van der Waals surface area (Å²) in [6.07, 6.45) is -5.98. The standard InChI is InChI=1S/C29H24F6N6O3/c1-15-26(16(2)40(38-15)14-17-5-10-22(43-3)23(11-17)44-4)37-27(42)21-13-25-36-20(18-6-8-19(30)9-7-18)12-24(41(25)39-21)28(31,32)29(33,34)35/h5-13H,14H2,1-4H3,(H,37,42). The Hall–Kier alpha value is -5.08. The average molecular weight is 619 g/mol. The molecule has 230 valence electrons. The lowest BCUT2D eigenvalue weighted by Gasteiger charge is -2.21. The average Bonchev–Trinajstić information content (AvgIpc) is 3.52. The lowest BCUT2D eigenvalue weighted by Crippen LogP contribution is -2.36. The summed E-state index contributed by atoms with van der Waals surface area (Å²) in [5.41, 5.74) is -0.645. The van der Waals surface area contributed by atoms with Crippen LogP contribution in [0.4, 0.5) is 32.0 Å². The maximum Gasteiger partial charge on any atom is 0.459 e. The van der Waals surface area contributed by atoms with Gasteiger partial charge in [-0.25, -0.2) is 13.9 Å². The van der Waals surface area contributed by atoms with E-state index in [-0.39, 0.29) is 15.8 Å². The van der Waals surface area contributed by atoms with Crippen molar-refractivity contribution in [3.8, 4) is 22.8 Å². The molecule has 0 bridgehead atoms. The van der Waals surface area contributed by atoms with Crippen LogP contribution < -0.4 is 14.8 Å². The fourth-order valence-electron chi connectivity index (χ4n) is 4.58. The van der Waals surface area contributed by atoms with Crippen molar-refractivity contribution in [2.24, 2.45) is 0 Å². The Bertz CT molecular complexity index is 1860. The summed E-state index contributed by atoms with van der Waals surface area (Å²) >= 11 is 0. The number of rotatable bonds is 8. The van der Waals surface area contributed by atoms with Gasteiger partial charge in [0.15, 0.2) is 22.8 Å². The Kier molecular flexibility index (Phi) is 7.74. The van der Waals surface area contributed by atoms with E-state index in [2.05, 4.69) is 20.5 Å². The van der Waals surface area contributed by atoms with Crippen LogP contribution in [0.2, 0.25) is 0 Å². The number of halogens is 6. The molecule has 1 N–H and O–H groups in total. The van der Waals surface area contributed by atoms with E-state index < -0.39 is 40.9 Å². The summed E-state index contributed by atoms with van der Waals surface area (Å²) in [5.74, 6) is -5.84. The van der Waals surface area contributed by atoms with Crippen molar-refractivity contribution < 1.29 is 40.6 Å². The fourth-order valence-corrected chi connectivity index (χ4v) is 4.58. The topological polar surface area (TPSA) is 95.6 Å². The van der Waals surface area contributed by atoms with E-state index >= 15 is 0 Å². The van der Waals surface area contributed by atoms with Crippen LogP contribution in [0.3, 0.4) is 0 Å². The highest BCUT2D eigenvalue weighted by Gasteiger charge is 2.60. The molecule has 0 fully saturated rings. The van der Waals surface area contributed by atoms with Gasteiger partial charge in [0.05, 0.1) is 43.5 Å². The zero-order valence-electron chi connectivity index (χ0n) is 23.6. The minimum absolute atomic E-state index is 0.0773. The van der Waals surface area contributed by atoms with E-state index in [0.717, 1.165) is 23.8 Å². The van der Waals surface area contributed by atoms with E-state index in [0.29, 0.717) is 41.2 Å². The number of aromatic nitrogens is 5. The molecule has 9 nitrogen and oxygen atoms in total. The van der Waals surface area contributed by atoms with Crippen molar-refractivity contribution in [2.45, 2.75) is 32.5 Å². The number of benzene rings is 2. The Morgan fingerprint density at radius 1 is 0.909 bits per heavy atom. The second kappa shape index (κ2) is 11.2. The zero-order valence-corrected chi connectivity index (χ0v) is 23.6. The number of anilines is 1. The van der Waals surface area contributed by atoms with Crippen molar-refractivity contribution in [2.75, 3.05) is 19.5 Å². The molecule has 0 saturated carbocycles. The first-order valence-electron chi connectivity index (χ1n) is 12.9. The fraction of sp³-hybridized carbons (Fsp3) is 0.241. The molecule has 3 heterocycles. The molecule has 2 aromatic carbocycles. The third kappa shape index (κ3) is 5.52. The molecule has 0 aliphatic heterocycles. The highest BCUT2D eigenvalue weighted by molar-refractivity contribution is 6.04. The van der Waals surface area contributed by atoms with E-state index in [1.807, 2.05) is 6.07 Å². The summed E-state index contributed by atoms with van der Waals surface area (Å²) in [6.45, 7) is 3.62. The summed E-state index contributed by atoms with van der Waals surface area (Å²) < 4.78 is 95.6. The molecule has 0 aliphatic rings. The number of ether oxygens (including phenoxy) is 2. The smallest absolute Gasteiger partial charge is 0.459 e. The molecule has 0 spiro atoms. The first-order chi connectivity index (χ1) is 20.7. The molecule has 0 unspecified atom stereocenters. The van der Waals surface area contributed by atoms with Crippen LogP contribution in [0.15, 0.2) is 54.6 Å². The third-order valence-corrected chi connectivity index (χ3v) is 6.88. The molecule has 0 aliphatic carbocycles. The molecule has 5 aromatic rings. The molecule has 15 heteroatoms. The quantitative estimate of drug-likeness (QED) is 0.205. The van der Waals surface area contributed by atoms with Crippen molar-refractivity contribution in [3.05, 3.63) is 88.8 Å². The molecule has 0 radical (unpaired) electrons. The minimum Gasteiger partial charge on any atom is -0.493 e. The van der Waals surface area contributed by atoms with Gasteiger partial charge in [-0.05, 0) is 61.9 Å². The maximum atomic E-state index is 14.7. The number of nitrogens with one attached hydrogen (secondary N) is 1. The summed E-state index contributed by atoms with van der Waals surface area (Å²) in [7, 11) is 3.02. The highest BCUT2D eigenvalue weighted by atomic mass is 19.4. The van der Waals surface area contributed by atoms with Gasteiger partial charge in [0.2, 0.25) is 0 Å². The normalized spacial score (nSPS) is 12.0. The van der Waals surface area contributed by atoms with Gasteiger partial charge in [-0.2, -0.15) is 32.1 Å². The van der Waals surface area contributed by atoms with Crippen LogP contribution in [0, 0.1) is 19.7 Å². The number of hydrogen-bond donors (Lipinski definition) is 1. The van der Waals surface area contributed by atoms with Gasteiger partial charge >= 0.3 is 12.1 Å². The predicted octanol–water partition coefficient (Wildman–Crippen LogP) is 6.32. The number of fused-ring (bicyclic) bond motifs is 1. The largest absolute Gasteiger partial charge is 0.493 e. The highest BCUT2D eigenvalue weighted by Crippen LogP contribution is 2.44. The van der Waals surface area contributed by atoms with E-state index in [1.54, 1.807) is 30.7 Å². The van der Waals surface area contributed by atoms with Crippen LogP contribution in [-0.2, 0) is 12.5 Å². The lowest BCUT2D eigenvalue weighted by atomic mass is 10.1. The van der Waals surface area contributed by atoms with Gasteiger partial charge in [-0.15, -0.1) is 0 Å². The van der Waals surface area contributed by atoms with Gasteiger partial charge in [0, 0.05) is 11.6 Å². The van der Waals surface area contributed by atoms with E-state index in [4.69, 9.17) is 9.47 Å². The van der Waals surface area contributed by atoms with Crippen LogP contribution in [0.1, 0.15) is 33.1 Å². The Labute approximate surface area is 246 Å². The number of amides is 1. The second-order valence-electron chi connectivity index (χ2n) is 9.75. The van der Waals surface area contributed by atoms with E-state index in [9.17, 15) is 31.1 Å².